The lowest BCUT2D eigenvalue weighted by Gasteiger charge is -2.21. The van der Waals surface area contributed by atoms with E-state index in [2.05, 4.69) is 20.5 Å². The van der Waals surface area contributed by atoms with Gasteiger partial charge in [0.15, 0.2) is 5.82 Å². The third-order valence-corrected chi connectivity index (χ3v) is 2.11. The van der Waals surface area contributed by atoms with E-state index in [1.807, 2.05) is 6.92 Å². The van der Waals surface area contributed by atoms with Gasteiger partial charge in [-0.15, -0.1) is 5.10 Å². The Bertz CT molecular complexity index is 360. The predicted octanol–water partition coefficient (Wildman–Crippen LogP) is 0.487. The van der Waals surface area contributed by atoms with E-state index in [0.717, 1.165) is 6.42 Å². The molecule has 6 nitrogen and oxygen atoms in total. The van der Waals surface area contributed by atoms with Gasteiger partial charge in [0, 0.05) is 13.6 Å². The first-order valence-corrected chi connectivity index (χ1v) is 5.36. The molecule has 0 radical (unpaired) electrons. The zero-order chi connectivity index (χ0) is 12.0. The van der Waals surface area contributed by atoms with Gasteiger partial charge < -0.3 is 10.2 Å². The molecule has 1 rings (SSSR count). The van der Waals surface area contributed by atoms with E-state index in [1.54, 1.807) is 11.9 Å². The predicted molar refractivity (Wildman–Crippen MR) is 61.4 cm³/mol. The second-order valence-corrected chi connectivity index (χ2v) is 3.52. The Morgan fingerprint density at radius 2 is 2.38 bits per heavy atom. The highest BCUT2D eigenvalue weighted by molar-refractivity contribution is 6.28. The summed E-state index contributed by atoms with van der Waals surface area (Å²) in [6.07, 6.45) is 2.39. The van der Waals surface area contributed by atoms with Gasteiger partial charge in [-0.1, -0.05) is 6.92 Å². The van der Waals surface area contributed by atoms with E-state index in [4.69, 9.17) is 11.6 Å². The number of likely N-dealkylation sites (N-methyl/N-ethyl adjacent to an activating group) is 1. The number of hydrogen-bond acceptors (Lipinski definition) is 5. The Kier molecular flexibility index (Phi) is 4.91. The minimum atomic E-state index is -0.0804. The number of anilines is 1. The highest BCUT2D eigenvalue weighted by Gasteiger charge is 2.12. The molecular weight excluding hydrogens is 230 g/mol. The van der Waals surface area contributed by atoms with Crippen LogP contribution < -0.4 is 10.2 Å². The van der Waals surface area contributed by atoms with Crippen LogP contribution in [0.15, 0.2) is 6.20 Å². The monoisotopic (exact) mass is 243 g/mol. The van der Waals surface area contributed by atoms with Crippen molar-refractivity contribution in [2.75, 3.05) is 25.0 Å². The number of rotatable bonds is 5. The maximum atomic E-state index is 11.3. The fourth-order valence-corrected chi connectivity index (χ4v) is 1.35. The van der Waals surface area contributed by atoms with Crippen molar-refractivity contribution >= 4 is 23.3 Å². The van der Waals surface area contributed by atoms with E-state index in [9.17, 15) is 4.79 Å². The van der Waals surface area contributed by atoms with Crippen LogP contribution in [-0.4, -0.2) is 41.2 Å². The number of carbonyl (C=O) groups is 1. The lowest BCUT2D eigenvalue weighted by atomic mass is 10.4. The first-order chi connectivity index (χ1) is 7.67. The summed E-state index contributed by atoms with van der Waals surface area (Å²) in [6.45, 7) is 2.97. The van der Waals surface area contributed by atoms with Gasteiger partial charge in [-0.3, -0.25) is 4.79 Å². The first-order valence-electron chi connectivity index (χ1n) is 4.98. The molecule has 1 heterocycles. The second-order valence-electron chi connectivity index (χ2n) is 3.18. The fraction of sp³-hybridized carbons (Fsp3) is 0.556. The zero-order valence-corrected chi connectivity index (χ0v) is 10.0. The van der Waals surface area contributed by atoms with Gasteiger partial charge in [0.25, 0.3) is 0 Å². The van der Waals surface area contributed by atoms with Crippen molar-refractivity contribution in [3.05, 3.63) is 11.5 Å². The summed E-state index contributed by atoms with van der Waals surface area (Å²) in [5.74, 6) is 0.480. The minimum absolute atomic E-state index is 0.0792. The maximum Gasteiger partial charge on any atom is 0.244 e. The van der Waals surface area contributed by atoms with Crippen molar-refractivity contribution in [3.63, 3.8) is 0 Å². The van der Waals surface area contributed by atoms with E-state index >= 15 is 0 Å². The third-order valence-electron chi connectivity index (χ3n) is 1.95. The summed E-state index contributed by atoms with van der Waals surface area (Å²) in [6, 6.07) is 0. The molecule has 0 bridgehead atoms. The van der Waals surface area contributed by atoms with Crippen LogP contribution in [0.25, 0.3) is 0 Å². The summed E-state index contributed by atoms with van der Waals surface area (Å²) in [5.41, 5.74) is 0. The van der Waals surface area contributed by atoms with E-state index < -0.39 is 0 Å². The highest BCUT2D eigenvalue weighted by atomic mass is 35.5. The summed E-state index contributed by atoms with van der Waals surface area (Å²) < 4.78 is 0. The van der Waals surface area contributed by atoms with E-state index in [-0.39, 0.29) is 17.7 Å². The number of halogens is 1. The molecule has 0 fully saturated rings. The molecule has 1 N–H and O–H groups in total. The Balaban J connectivity index is 2.80. The van der Waals surface area contributed by atoms with Gasteiger partial charge in [0.05, 0.1) is 12.7 Å². The van der Waals surface area contributed by atoms with Crippen LogP contribution in [0.2, 0.25) is 5.28 Å². The van der Waals surface area contributed by atoms with Crippen LogP contribution in [0.4, 0.5) is 5.82 Å². The molecule has 0 atom stereocenters. The standard InChI is InChI=1S/C9H14ClN5O/c1-3-4-15(6-8(16)11-2)7-5-12-14-9(10)13-7/h5H,3-4,6H2,1-2H3,(H,11,16). The third kappa shape index (κ3) is 3.62. The average Bonchev–Trinajstić information content (AvgIpc) is 2.28. The number of amides is 1. The van der Waals surface area contributed by atoms with Crippen LogP contribution in [0.1, 0.15) is 13.3 Å². The van der Waals surface area contributed by atoms with Crippen LogP contribution in [0.3, 0.4) is 0 Å². The number of hydrogen-bond donors (Lipinski definition) is 1. The average molecular weight is 244 g/mol. The molecule has 7 heteroatoms. The van der Waals surface area contributed by atoms with Crippen LogP contribution >= 0.6 is 11.6 Å². The molecule has 0 saturated heterocycles. The van der Waals surface area contributed by atoms with Gasteiger partial charge in [0.2, 0.25) is 11.2 Å². The molecule has 0 aliphatic heterocycles. The molecule has 0 aliphatic carbocycles. The van der Waals surface area contributed by atoms with E-state index in [0.29, 0.717) is 12.4 Å². The molecule has 0 aromatic carbocycles. The molecule has 0 aliphatic rings. The molecular formula is C9H14ClN5O. The van der Waals surface area contributed by atoms with Gasteiger partial charge in [-0.05, 0) is 18.0 Å². The number of nitrogens with one attached hydrogen (secondary N) is 1. The topological polar surface area (TPSA) is 71.0 Å². The van der Waals surface area contributed by atoms with Crippen molar-refractivity contribution < 1.29 is 4.79 Å². The Morgan fingerprint density at radius 3 is 2.94 bits per heavy atom. The largest absolute Gasteiger partial charge is 0.358 e. The Morgan fingerprint density at radius 1 is 1.62 bits per heavy atom. The fourth-order valence-electron chi connectivity index (χ4n) is 1.22. The molecule has 0 saturated carbocycles. The molecule has 1 aromatic rings. The molecule has 16 heavy (non-hydrogen) atoms. The maximum absolute atomic E-state index is 11.3. The summed E-state index contributed by atoms with van der Waals surface area (Å²) in [7, 11) is 1.59. The van der Waals surface area contributed by atoms with Crippen molar-refractivity contribution in [2.45, 2.75) is 13.3 Å². The first kappa shape index (κ1) is 12.6. The van der Waals surface area contributed by atoms with Crippen molar-refractivity contribution in [2.24, 2.45) is 0 Å². The molecule has 88 valence electrons. The highest BCUT2D eigenvalue weighted by Crippen LogP contribution is 2.10. The van der Waals surface area contributed by atoms with Crippen molar-refractivity contribution in [1.82, 2.24) is 20.5 Å². The number of nitrogens with zero attached hydrogens (tertiary/aromatic N) is 4. The normalized spacial score (nSPS) is 9.94. The van der Waals surface area contributed by atoms with Crippen LogP contribution in [-0.2, 0) is 4.79 Å². The summed E-state index contributed by atoms with van der Waals surface area (Å²) >= 11 is 5.65. The van der Waals surface area contributed by atoms with Gasteiger partial charge in [-0.2, -0.15) is 10.1 Å². The Hall–Kier alpha value is -1.43. The van der Waals surface area contributed by atoms with Crippen molar-refractivity contribution in [1.29, 1.82) is 0 Å². The molecule has 0 unspecified atom stereocenters. The van der Waals surface area contributed by atoms with Gasteiger partial charge in [-0.25, -0.2) is 0 Å². The smallest absolute Gasteiger partial charge is 0.244 e. The molecule has 0 spiro atoms. The van der Waals surface area contributed by atoms with Crippen LogP contribution in [0, 0.1) is 0 Å². The second kappa shape index (κ2) is 6.22. The lowest BCUT2D eigenvalue weighted by molar-refractivity contribution is -0.119. The van der Waals surface area contributed by atoms with Gasteiger partial charge >= 0.3 is 0 Å². The van der Waals surface area contributed by atoms with Crippen molar-refractivity contribution in [3.8, 4) is 0 Å². The minimum Gasteiger partial charge on any atom is -0.358 e. The zero-order valence-electron chi connectivity index (χ0n) is 9.27. The summed E-state index contributed by atoms with van der Waals surface area (Å²) in [4.78, 5) is 17.1. The van der Waals surface area contributed by atoms with Crippen LogP contribution in [0.5, 0.6) is 0 Å². The number of carbonyl (C=O) groups excluding carboxylic acids is 1. The quantitative estimate of drug-likeness (QED) is 0.815. The van der Waals surface area contributed by atoms with Gasteiger partial charge in [0.1, 0.15) is 0 Å². The summed E-state index contributed by atoms with van der Waals surface area (Å²) in [5, 5.41) is 9.90. The molecule has 1 amide bonds. The molecule has 1 aromatic heterocycles. The number of aromatic nitrogens is 3. The Labute approximate surface area is 99.0 Å². The lowest BCUT2D eigenvalue weighted by Crippen LogP contribution is -2.36. The SMILES string of the molecule is CCCN(CC(=O)NC)c1cnnc(Cl)n1. The van der Waals surface area contributed by atoms with E-state index in [1.165, 1.54) is 6.20 Å².